The van der Waals surface area contributed by atoms with Gasteiger partial charge in [0, 0.05) is 25.7 Å². The van der Waals surface area contributed by atoms with Gasteiger partial charge < -0.3 is 9.47 Å². The number of hydrogen-bond acceptors (Lipinski definition) is 4. The zero-order valence-electron chi connectivity index (χ0n) is 21.7. The summed E-state index contributed by atoms with van der Waals surface area (Å²) in [6, 6.07) is 26.7. The molecule has 4 nitrogen and oxygen atoms in total. The van der Waals surface area contributed by atoms with Gasteiger partial charge in [-0.25, -0.2) is 0 Å². The average Bonchev–Trinajstić information content (AvgIpc) is 2.94. The molecule has 0 amide bonds. The van der Waals surface area contributed by atoms with Gasteiger partial charge in [0.15, 0.2) is 0 Å². The Labute approximate surface area is 216 Å². The monoisotopic (exact) mass is 484 g/mol. The summed E-state index contributed by atoms with van der Waals surface area (Å²) in [6.45, 7) is 6.38. The van der Waals surface area contributed by atoms with Gasteiger partial charge in [-0.1, -0.05) is 55.0 Å². The molecule has 2 heterocycles. The van der Waals surface area contributed by atoms with Crippen LogP contribution in [0, 0.1) is 0 Å². The number of ether oxygens (including phenoxy) is 2. The molecular weight excluding hydrogens is 444 g/mol. The lowest BCUT2D eigenvalue weighted by molar-refractivity contribution is 0.183. The van der Waals surface area contributed by atoms with Gasteiger partial charge in [-0.3, -0.25) is 9.80 Å². The normalized spacial score (nSPS) is 18.5. The van der Waals surface area contributed by atoms with Crippen molar-refractivity contribution in [2.75, 3.05) is 46.4 Å². The molecule has 0 spiro atoms. The van der Waals surface area contributed by atoms with Crippen molar-refractivity contribution in [3.8, 4) is 11.5 Å². The molecular formula is C32H40N2O2. The van der Waals surface area contributed by atoms with E-state index in [0.717, 1.165) is 57.0 Å². The quantitative estimate of drug-likeness (QED) is 0.355. The van der Waals surface area contributed by atoms with Crippen molar-refractivity contribution in [2.45, 2.75) is 44.6 Å². The molecule has 1 atom stereocenters. The topological polar surface area (TPSA) is 24.9 Å². The SMILES string of the molecule is COc1ccc2c(c1)CCN(CCc1ccccc1)C2Cc1ccc(OCCN2CCCCC2)cc1. The number of fused-ring (bicyclic) bond motifs is 1. The van der Waals surface area contributed by atoms with E-state index in [1.807, 2.05) is 0 Å². The predicted molar refractivity (Wildman–Crippen MR) is 147 cm³/mol. The highest BCUT2D eigenvalue weighted by Gasteiger charge is 2.27. The molecule has 0 bridgehead atoms. The largest absolute Gasteiger partial charge is 0.497 e. The molecule has 1 unspecified atom stereocenters. The fourth-order valence-corrected chi connectivity index (χ4v) is 5.71. The maximum Gasteiger partial charge on any atom is 0.119 e. The fourth-order valence-electron chi connectivity index (χ4n) is 5.71. The van der Waals surface area contributed by atoms with Crippen LogP contribution >= 0.6 is 0 Å². The maximum atomic E-state index is 6.08. The van der Waals surface area contributed by atoms with Crippen LogP contribution in [0.2, 0.25) is 0 Å². The van der Waals surface area contributed by atoms with Crippen LogP contribution in [0.5, 0.6) is 11.5 Å². The Morgan fingerprint density at radius 1 is 0.778 bits per heavy atom. The average molecular weight is 485 g/mol. The van der Waals surface area contributed by atoms with Gasteiger partial charge in [-0.2, -0.15) is 0 Å². The molecule has 36 heavy (non-hydrogen) atoms. The number of rotatable bonds is 10. The Kier molecular flexibility index (Phi) is 8.58. The van der Waals surface area contributed by atoms with Gasteiger partial charge in [-0.05, 0) is 91.7 Å². The van der Waals surface area contributed by atoms with E-state index in [4.69, 9.17) is 9.47 Å². The van der Waals surface area contributed by atoms with Crippen LogP contribution in [-0.2, 0) is 19.3 Å². The summed E-state index contributed by atoms with van der Waals surface area (Å²) in [5.41, 5.74) is 5.63. The van der Waals surface area contributed by atoms with E-state index in [2.05, 4.69) is 82.6 Å². The number of methoxy groups -OCH3 is 1. The van der Waals surface area contributed by atoms with Crippen LogP contribution in [0.15, 0.2) is 72.8 Å². The molecule has 0 radical (unpaired) electrons. The van der Waals surface area contributed by atoms with Crippen LogP contribution < -0.4 is 9.47 Å². The number of hydrogen-bond donors (Lipinski definition) is 0. The zero-order valence-corrected chi connectivity index (χ0v) is 21.7. The second kappa shape index (κ2) is 12.4. The molecule has 3 aromatic rings. The number of piperidine rings is 1. The van der Waals surface area contributed by atoms with E-state index in [1.54, 1.807) is 7.11 Å². The highest BCUT2D eigenvalue weighted by molar-refractivity contribution is 5.40. The standard InChI is InChI=1S/C32H40N2O2/c1-35-30-14-15-31-28(25-30)17-21-34(20-16-26-8-4-2-5-9-26)32(31)24-27-10-12-29(13-11-27)36-23-22-33-18-6-3-7-19-33/h2,4-5,8-15,25,32H,3,6-7,16-24H2,1H3. The zero-order chi connectivity index (χ0) is 24.6. The fraction of sp³-hybridized carbons (Fsp3) is 0.438. The van der Waals surface area contributed by atoms with E-state index in [-0.39, 0.29) is 0 Å². The van der Waals surface area contributed by atoms with Crippen LogP contribution in [0.4, 0.5) is 0 Å². The third kappa shape index (κ3) is 6.48. The lowest BCUT2D eigenvalue weighted by atomic mass is 9.88. The highest BCUT2D eigenvalue weighted by atomic mass is 16.5. The molecule has 4 heteroatoms. The van der Waals surface area contributed by atoms with E-state index in [1.165, 1.54) is 54.6 Å². The minimum Gasteiger partial charge on any atom is -0.497 e. The third-order valence-electron chi connectivity index (χ3n) is 7.83. The summed E-state index contributed by atoms with van der Waals surface area (Å²) in [4.78, 5) is 5.20. The first-order valence-corrected chi connectivity index (χ1v) is 13.7. The summed E-state index contributed by atoms with van der Waals surface area (Å²) >= 11 is 0. The Morgan fingerprint density at radius 3 is 2.33 bits per heavy atom. The molecule has 3 aromatic carbocycles. The molecule has 2 aliphatic rings. The van der Waals surface area contributed by atoms with Crippen LogP contribution in [0.3, 0.4) is 0 Å². The van der Waals surface area contributed by atoms with Gasteiger partial charge in [-0.15, -0.1) is 0 Å². The first kappa shape index (κ1) is 24.9. The molecule has 0 saturated carbocycles. The lowest BCUT2D eigenvalue weighted by Gasteiger charge is -2.38. The summed E-state index contributed by atoms with van der Waals surface area (Å²) in [5.74, 6) is 1.93. The second-order valence-electron chi connectivity index (χ2n) is 10.2. The van der Waals surface area contributed by atoms with Gasteiger partial charge >= 0.3 is 0 Å². The van der Waals surface area contributed by atoms with E-state index in [9.17, 15) is 0 Å². The summed E-state index contributed by atoms with van der Waals surface area (Å²) in [5, 5.41) is 0. The highest BCUT2D eigenvalue weighted by Crippen LogP contribution is 2.35. The summed E-state index contributed by atoms with van der Waals surface area (Å²) in [7, 11) is 1.75. The molecule has 1 saturated heterocycles. The van der Waals surface area contributed by atoms with Gasteiger partial charge in [0.1, 0.15) is 18.1 Å². The Hall–Kier alpha value is -2.82. The van der Waals surface area contributed by atoms with Crippen molar-refractivity contribution in [1.29, 1.82) is 0 Å². The van der Waals surface area contributed by atoms with Crippen molar-refractivity contribution in [2.24, 2.45) is 0 Å². The van der Waals surface area contributed by atoms with Gasteiger partial charge in [0.2, 0.25) is 0 Å². The van der Waals surface area contributed by atoms with Crippen molar-refractivity contribution in [3.05, 3.63) is 95.1 Å². The van der Waals surface area contributed by atoms with Crippen molar-refractivity contribution in [3.63, 3.8) is 0 Å². The Morgan fingerprint density at radius 2 is 1.56 bits per heavy atom. The van der Waals surface area contributed by atoms with Crippen molar-refractivity contribution in [1.82, 2.24) is 9.80 Å². The van der Waals surface area contributed by atoms with E-state index in [0.29, 0.717) is 6.04 Å². The minimum atomic E-state index is 0.370. The second-order valence-corrected chi connectivity index (χ2v) is 10.2. The maximum absolute atomic E-state index is 6.08. The predicted octanol–water partition coefficient (Wildman–Crippen LogP) is 5.94. The molecule has 1 fully saturated rings. The molecule has 0 N–H and O–H groups in total. The summed E-state index contributed by atoms with van der Waals surface area (Å²) in [6.07, 6.45) is 7.18. The first-order chi connectivity index (χ1) is 17.8. The molecule has 2 aliphatic heterocycles. The van der Waals surface area contributed by atoms with Crippen LogP contribution in [0.1, 0.15) is 47.6 Å². The van der Waals surface area contributed by atoms with Gasteiger partial charge in [0.05, 0.1) is 7.11 Å². The molecule has 0 aromatic heterocycles. The van der Waals surface area contributed by atoms with Crippen molar-refractivity contribution >= 4 is 0 Å². The van der Waals surface area contributed by atoms with Crippen LogP contribution in [-0.4, -0.2) is 56.2 Å². The van der Waals surface area contributed by atoms with Gasteiger partial charge in [0.25, 0.3) is 0 Å². The smallest absolute Gasteiger partial charge is 0.119 e. The van der Waals surface area contributed by atoms with Crippen molar-refractivity contribution < 1.29 is 9.47 Å². The number of nitrogens with zero attached hydrogens (tertiary/aromatic N) is 2. The summed E-state index contributed by atoms with van der Waals surface area (Å²) < 4.78 is 11.6. The molecule has 190 valence electrons. The van der Waals surface area contributed by atoms with E-state index < -0.39 is 0 Å². The third-order valence-corrected chi connectivity index (χ3v) is 7.83. The minimum absolute atomic E-state index is 0.370. The Bertz CT molecular complexity index is 1080. The molecule has 5 rings (SSSR count). The first-order valence-electron chi connectivity index (χ1n) is 13.7. The number of likely N-dealkylation sites (tertiary alicyclic amines) is 1. The Balaban J connectivity index is 1.25. The number of benzene rings is 3. The van der Waals surface area contributed by atoms with Crippen LogP contribution in [0.25, 0.3) is 0 Å². The lowest BCUT2D eigenvalue weighted by Crippen LogP contribution is -2.38. The molecule has 0 aliphatic carbocycles. The van der Waals surface area contributed by atoms with E-state index >= 15 is 0 Å².